The Bertz CT molecular complexity index is 471. The third-order valence-electron chi connectivity index (χ3n) is 3.58. The zero-order valence-corrected chi connectivity index (χ0v) is 14.3. The first kappa shape index (κ1) is 18.1. The van der Waals surface area contributed by atoms with Gasteiger partial charge in [-0.15, -0.1) is 0 Å². The maximum atomic E-state index is 12.0. The third-order valence-corrected chi connectivity index (χ3v) is 4.17. The van der Waals surface area contributed by atoms with E-state index < -0.39 is 0 Å². The van der Waals surface area contributed by atoms with E-state index in [0.29, 0.717) is 40.4 Å². The number of nitrogens with zero attached hydrogens (tertiary/aromatic N) is 1. The quantitative estimate of drug-likeness (QED) is 0.741. The smallest absolute Gasteiger partial charge is 0.225 e. The molecule has 0 saturated heterocycles. The molecule has 0 saturated carbocycles. The van der Waals surface area contributed by atoms with E-state index in [0.717, 1.165) is 13.0 Å². The summed E-state index contributed by atoms with van der Waals surface area (Å²) in [6.07, 6.45) is 1.46. The van der Waals surface area contributed by atoms with Crippen LogP contribution in [0.25, 0.3) is 0 Å². The number of nitrogen functional groups attached to an aromatic ring is 1. The molecule has 1 unspecified atom stereocenters. The van der Waals surface area contributed by atoms with Crippen molar-refractivity contribution in [2.24, 2.45) is 0 Å². The Labute approximate surface area is 136 Å². The summed E-state index contributed by atoms with van der Waals surface area (Å²) in [6, 6.07) is 3.60. The highest BCUT2D eigenvalue weighted by Crippen LogP contribution is 2.32. The highest BCUT2D eigenvalue weighted by molar-refractivity contribution is 6.40. The van der Waals surface area contributed by atoms with Gasteiger partial charge in [-0.25, -0.2) is 0 Å². The monoisotopic (exact) mass is 331 g/mol. The molecule has 4 nitrogen and oxygen atoms in total. The van der Waals surface area contributed by atoms with Gasteiger partial charge in [-0.2, -0.15) is 0 Å². The summed E-state index contributed by atoms with van der Waals surface area (Å²) < 4.78 is 0. The van der Waals surface area contributed by atoms with E-state index in [9.17, 15) is 4.79 Å². The van der Waals surface area contributed by atoms with Gasteiger partial charge in [0.1, 0.15) is 0 Å². The van der Waals surface area contributed by atoms with Crippen molar-refractivity contribution in [2.45, 2.75) is 39.7 Å². The fourth-order valence-electron chi connectivity index (χ4n) is 2.11. The molecule has 1 rings (SSSR count). The maximum Gasteiger partial charge on any atom is 0.225 e. The van der Waals surface area contributed by atoms with Gasteiger partial charge in [0, 0.05) is 24.7 Å². The van der Waals surface area contributed by atoms with E-state index in [1.54, 1.807) is 12.1 Å². The van der Waals surface area contributed by atoms with Crippen LogP contribution in [-0.2, 0) is 4.79 Å². The molecule has 0 aliphatic heterocycles. The maximum absolute atomic E-state index is 12.0. The second-order valence-corrected chi connectivity index (χ2v) is 5.86. The van der Waals surface area contributed by atoms with E-state index in [2.05, 4.69) is 31.0 Å². The van der Waals surface area contributed by atoms with Crippen LogP contribution < -0.4 is 11.1 Å². The number of hydrogen-bond donors (Lipinski definition) is 2. The van der Waals surface area contributed by atoms with Crippen LogP contribution in [0.4, 0.5) is 11.4 Å². The van der Waals surface area contributed by atoms with Crippen molar-refractivity contribution in [1.82, 2.24) is 4.90 Å². The van der Waals surface area contributed by atoms with E-state index >= 15 is 0 Å². The van der Waals surface area contributed by atoms with Crippen LogP contribution in [0.15, 0.2) is 12.1 Å². The van der Waals surface area contributed by atoms with Crippen molar-refractivity contribution in [3.8, 4) is 0 Å². The number of nitrogens with two attached hydrogens (primary N) is 1. The van der Waals surface area contributed by atoms with Crippen molar-refractivity contribution >= 4 is 40.5 Å². The minimum absolute atomic E-state index is 0.106. The number of anilines is 2. The van der Waals surface area contributed by atoms with Gasteiger partial charge in [-0.3, -0.25) is 4.79 Å². The molecule has 1 aromatic rings. The Morgan fingerprint density at radius 3 is 2.38 bits per heavy atom. The van der Waals surface area contributed by atoms with Gasteiger partial charge in [0.2, 0.25) is 5.91 Å². The van der Waals surface area contributed by atoms with Crippen LogP contribution in [0.5, 0.6) is 0 Å². The lowest BCUT2D eigenvalue weighted by molar-refractivity contribution is -0.116. The lowest BCUT2D eigenvalue weighted by atomic mass is 10.2. The Balaban J connectivity index is 2.62. The first-order chi connectivity index (χ1) is 9.88. The number of benzene rings is 1. The number of nitrogens with one attached hydrogen (secondary N) is 1. The molecule has 0 bridgehead atoms. The second-order valence-electron chi connectivity index (χ2n) is 5.04. The summed E-state index contributed by atoms with van der Waals surface area (Å²) in [5, 5.41) is 3.46. The lowest BCUT2D eigenvalue weighted by Gasteiger charge is -2.26. The fraction of sp³-hybridized carbons (Fsp3) is 0.533. The lowest BCUT2D eigenvalue weighted by Crippen LogP contribution is -2.35. The Morgan fingerprint density at radius 2 is 1.90 bits per heavy atom. The van der Waals surface area contributed by atoms with Crippen LogP contribution in [0.1, 0.15) is 33.6 Å². The van der Waals surface area contributed by atoms with E-state index in [1.807, 2.05) is 0 Å². The summed E-state index contributed by atoms with van der Waals surface area (Å²) in [5.74, 6) is -0.106. The molecule has 0 radical (unpaired) electrons. The normalized spacial score (nSPS) is 12.5. The number of rotatable bonds is 7. The average molecular weight is 332 g/mol. The number of halogens is 2. The summed E-state index contributed by atoms with van der Waals surface area (Å²) in [5.41, 5.74) is 6.53. The van der Waals surface area contributed by atoms with E-state index in [-0.39, 0.29) is 5.91 Å². The largest absolute Gasteiger partial charge is 0.399 e. The molecular formula is C15H23Cl2N3O. The van der Waals surface area contributed by atoms with Crippen LogP contribution in [0, 0.1) is 0 Å². The molecule has 0 heterocycles. The number of carbonyl (C=O) groups is 1. The van der Waals surface area contributed by atoms with E-state index in [4.69, 9.17) is 28.9 Å². The molecule has 1 atom stereocenters. The summed E-state index contributed by atoms with van der Waals surface area (Å²) in [4.78, 5) is 14.3. The van der Waals surface area contributed by atoms with Crippen molar-refractivity contribution in [1.29, 1.82) is 0 Å². The topological polar surface area (TPSA) is 58.4 Å². The van der Waals surface area contributed by atoms with Gasteiger partial charge in [0.25, 0.3) is 0 Å². The molecule has 0 aliphatic rings. The average Bonchev–Trinajstić information content (AvgIpc) is 2.43. The van der Waals surface area contributed by atoms with Gasteiger partial charge < -0.3 is 16.0 Å². The standard InChI is InChI=1S/C15H23Cl2N3O/c1-4-10(3)20(5-2)7-6-14(21)19-15-12(16)8-11(18)9-13(15)17/h8-10H,4-7,18H2,1-3H3,(H,19,21). The Hall–Kier alpha value is -0.970. The number of hydrogen-bond acceptors (Lipinski definition) is 3. The van der Waals surface area contributed by atoms with Crippen LogP contribution in [0.3, 0.4) is 0 Å². The zero-order valence-electron chi connectivity index (χ0n) is 12.7. The second kappa shape index (κ2) is 8.47. The predicted molar refractivity (Wildman–Crippen MR) is 91.1 cm³/mol. The molecule has 0 aromatic heterocycles. The SMILES string of the molecule is CCC(C)N(CC)CCC(=O)Nc1c(Cl)cc(N)cc1Cl. The Morgan fingerprint density at radius 1 is 1.33 bits per heavy atom. The minimum Gasteiger partial charge on any atom is -0.399 e. The molecule has 1 aromatic carbocycles. The Kier molecular flexibility index (Phi) is 7.29. The van der Waals surface area contributed by atoms with Gasteiger partial charge in [-0.1, -0.05) is 37.0 Å². The highest BCUT2D eigenvalue weighted by atomic mass is 35.5. The molecule has 3 N–H and O–H groups in total. The first-order valence-electron chi connectivity index (χ1n) is 7.17. The molecule has 118 valence electrons. The summed E-state index contributed by atoms with van der Waals surface area (Å²) in [6.45, 7) is 8.03. The van der Waals surface area contributed by atoms with Crippen molar-refractivity contribution < 1.29 is 4.79 Å². The van der Waals surface area contributed by atoms with Gasteiger partial charge in [0.15, 0.2) is 0 Å². The summed E-state index contributed by atoms with van der Waals surface area (Å²) >= 11 is 12.1. The molecular weight excluding hydrogens is 309 g/mol. The predicted octanol–water partition coefficient (Wildman–Crippen LogP) is 4.02. The first-order valence-corrected chi connectivity index (χ1v) is 7.93. The van der Waals surface area contributed by atoms with Gasteiger partial charge in [-0.05, 0) is 32.0 Å². The van der Waals surface area contributed by atoms with Crippen LogP contribution >= 0.6 is 23.2 Å². The minimum atomic E-state index is -0.106. The van der Waals surface area contributed by atoms with Gasteiger partial charge in [0.05, 0.1) is 15.7 Å². The fourth-order valence-corrected chi connectivity index (χ4v) is 2.71. The molecule has 6 heteroatoms. The van der Waals surface area contributed by atoms with Crippen molar-refractivity contribution in [2.75, 3.05) is 24.1 Å². The molecule has 0 aliphatic carbocycles. The van der Waals surface area contributed by atoms with E-state index in [1.165, 1.54) is 0 Å². The van der Waals surface area contributed by atoms with Crippen molar-refractivity contribution in [3.05, 3.63) is 22.2 Å². The molecule has 0 spiro atoms. The molecule has 21 heavy (non-hydrogen) atoms. The third kappa shape index (κ3) is 5.38. The highest BCUT2D eigenvalue weighted by Gasteiger charge is 2.14. The van der Waals surface area contributed by atoms with Crippen LogP contribution in [-0.4, -0.2) is 29.9 Å². The molecule has 0 fully saturated rings. The zero-order chi connectivity index (χ0) is 16.0. The van der Waals surface area contributed by atoms with Crippen LogP contribution in [0.2, 0.25) is 10.0 Å². The van der Waals surface area contributed by atoms with Gasteiger partial charge >= 0.3 is 0 Å². The number of carbonyl (C=O) groups excluding carboxylic acids is 1. The summed E-state index contributed by atoms with van der Waals surface area (Å²) in [7, 11) is 0. The molecule has 1 amide bonds. The number of amides is 1. The van der Waals surface area contributed by atoms with Crippen molar-refractivity contribution in [3.63, 3.8) is 0 Å².